The van der Waals surface area contributed by atoms with Crippen LogP contribution >= 0.6 is 0 Å². The van der Waals surface area contributed by atoms with Crippen LogP contribution in [0.2, 0.25) is 0 Å². The second-order valence-corrected chi connectivity index (χ2v) is 8.02. The van der Waals surface area contributed by atoms with Gasteiger partial charge in [-0.25, -0.2) is 10.4 Å². The fourth-order valence-electron chi connectivity index (χ4n) is 3.82. The molecule has 1 saturated heterocycles. The minimum atomic E-state index is 0.317. The summed E-state index contributed by atoms with van der Waals surface area (Å²) < 4.78 is 5.41. The molecule has 3 aromatic rings. The molecule has 2 aromatic carbocycles. The fourth-order valence-corrected chi connectivity index (χ4v) is 3.82. The van der Waals surface area contributed by atoms with Gasteiger partial charge in [-0.05, 0) is 67.8 Å². The molecule has 8 nitrogen and oxygen atoms in total. The number of para-hydroxylation sites is 1. The van der Waals surface area contributed by atoms with Crippen LogP contribution in [0.25, 0.3) is 10.9 Å². The number of nitrogens with zero attached hydrogens (tertiary/aromatic N) is 4. The van der Waals surface area contributed by atoms with Crippen LogP contribution in [0.3, 0.4) is 0 Å². The number of hydrogen-bond donors (Lipinski definition) is 3. The van der Waals surface area contributed by atoms with E-state index in [1.54, 1.807) is 6.21 Å². The van der Waals surface area contributed by atoms with Crippen LogP contribution < -0.4 is 10.7 Å². The molecular weight excluding hydrogens is 404 g/mol. The Morgan fingerprint density at radius 1 is 1.12 bits per heavy atom. The van der Waals surface area contributed by atoms with Crippen LogP contribution in [0.4, 0.5) is 11.8 Å². The molecule has 1 fully saturated rings. The van der Waals surface area contributed by atoms with Crippen molar-refractivity contribution in [2.24, 2.45) is 5.10 Å². The molecule has 1 aliphatic rings. The molecule has 0 amide bonds. The zero-order valence-electron chi connectivity index (χ0n) is 18.6. The Bertz CT molecular complexity index is 1070. The van der Waals surface area contributed by atoms with Crippen molar-refractivity contribution in [1.29, 1.82) is 0 Å². The predicted molar refractivity (Wildman–Crippen MR) is 129 cm³/mol. The fraction of sp³-hybridized carbons (Fsp3) is 0.375. The van der Waals surface area contributed by atoms with E-state index in [9.17, 15) is 5.11 Å². The van der Waals surface area contributed by atoms with E-state index in [0.29, 0.717) is 11.7 Å². The maximum Gasteiger partial charge on any atom is 0.246 e. The first-order chi connectivity index (χ1) is 15.6. The molecule has 0 atom stereocenters. The summed E-state index contributed by atoms with van der Waals surface area (Å²) in [5.74, 6) is 1.55. The molecule has 0 radical (unpaired) electrons. The smallest absolute Gasteiger partial charge is 0.246 e. The van der Waals surface area contributed by atoms with E-state index in [4.69, 9.17) is 4.74 Å². The van der Waals surface area contributed by atoms with Crippen molar-refractivity contribution in [3.8, 4) is 5.75 Å². The monoisotopic (exact) mass is 434 g/mol. The van der Waals surface area contributed by atoms with Crippen molar-refractivity contribution in [2.45, 2.75) is 20.3 Å². The zero-order valence-corrected chi connectivity index (χ0v) is 18.6. The largest absolute Gasteiger partial charge is 0.507 e. The number of benzene rings is 2. The molecule has 32 heavy (non-hydrogen) atoms. The van der Waals surface area contributed by atoms with Crippen LogP contribution in [-0.2, 0) is 4.74 Å². The lowest BCUT2D eigenvalue weighted by Gasteiger charge is -2.26. The molecule has 4 rings (SSSR count). The van der Waals surface area contributed by atoms with Crippen LogP contribution in [0.15, 0.2) is 41.5 Å². The molecule has 0 aliphatic carbocycles. The predicted octanol–water partition coefficient (Wildman–Crippen LogP) is 3.53. The number of hydrazone groups is 1. The molecule has 0 spiro atoms. The van der Waals surface area contributed by atoms with E-state index in [0.717, 1.165) is 79.2 Å². The second kappa shape index (κ2) is 10.4. The Kier molecular flexibility index (Phi) is 7.14. The lowest BCUT2D eigenvalue weighted by molar-refractivity contribution is 0.0378. The number of fused-ring (bicyclic) bond motifs is 1. The van der Waals surface area contributed by atoms with Crippen LogP contribution in [0, 0.1) is 13.8 Å². The third kappa shape index (κ3) is 5.52. The lowest BCUT2D eigenvalue weighted by Crippen LogP contribution is -2.37. The van der Waals surface area contributed by atoms with Crippen molar-refractivity contribution < 1.29 is 9.84 Å². The quantitative estimate of drug-likeness (QED) is 0.284. The average Bonchev–Trinajstić information content (AvgIpc) is 2.81. The highest BCUT2D eigenvalue weighted by Crippen LogP contribution is 2.23. The third-order valence-electron chi connectivity index (χ3n) is 5.54. The van der Waals surface area contributed by atoms with E-state index < -0.39 is 0 Å². The number of aromatic hydroxyl groups is 1. The van der Waals surface area contributed by atoms with Crippen molar-refractivity contribution in [2.75, 3.05) is 50.1 Å². The summed E-state index contributed by atoms with van der Waals surface area (Å²) in [7, 11) is 0. The first-order valence-corrected chi connectivity index (χ1v) is 11.0. The minimum absolute atomic E-state index is 0.317. The van der Waals surface area contributed by atoms with E-state index in [1.165, 1.54) is 0 Å². The van der Waals surface area contributed by atoms with Crippen LogP contribution in [0.5, 0.6) is 5.75 Å². The summed E-state index contributed by atoms with van der Waals surface area (Å²) in [4.78, 5) is 11.7. The number of hydrogen-bond acceptors (Lipinski definition) is 8. The van der Waals surface area contributed by atoms with Crippen molar-refractivity contribution in [1.82, 2.24) is 14.9 Å². The van der Waals surface area contributed by atoms with Gasteiger partial charge in [0.15, 0.2) is 0 Å². The van der Waals surface area contributed by atoms with Gasteiger partial charge >= 0.3 is 0 Å². The molecular formula is C24H30N6O2. The van der Waals surface area contributed by atoms with Gasteiger partial charge in [-0.1, -0.05) is 12.1 Å². The van der Waals surface area contributed by atoms with Crippen LogP contribution in [0.1, 0.15) is 23.1 Å². The van der Waals surface area contributed by atoms with Gasteiger partial charge in [-0.2, -0.15) is 10.1 Å². The number of aryl methyl sites for hydroxylation is 2. The number of rotatable bonds is 8. The summed E-state index contributed by atoms with van der Waals surface area (Å²) in [5, 5.41) is 18.7. The van der Waals surface area contributed by atoms with E-state index in [-0.39, 0.29) is 0 Å². The molecule has 0 bridgehead atoms. The van der Waals surface area contributed by atoms with Gasteiger partial charge in [0.2, 0.25) is 5.95 Å². The van der Waals surface area contributed by atoms with Gasteiger partial charge < -0.3 is 15.2 Å². The van der Waals surface area contributed by atoms with Crippen molar-refractivity contribution in [3.05, 3.63) is 53.1 Å². The zero-order chi connectivity index (χ0) is 22.3. The summed E-state index contributed by atoms with van der Waals surface area (Å²) in [6, 6.07) is 11.7. The number of aromatic nitrogens is 2. The van der Waals surface area contributed by atoms with Gasteiger partial charge in [0.05, 0.1) is 24.9 Å². The van der Waals surface area contributed by atoms with E-state index in [2.05, 4.69) is 30.7 Å². The first kappa shape index (κ1) is 22.0. The molecule has 3 N–H and O–H groups in total. The summed E-state index contributed by atoms with van der Waals surface area (Å²) in [5.41, 5.74) is 6.33. The minimum Gasteiger partial charge on any atom is -0.507 e. The molecule has 1 aliphatic heterocycles. The first-order valence-electron chi connectivity index (χ1n) is 11.0. The molecule has 8 heteroatoms. The average molecular weight is 435 g/mol. The summed E-state index contributed by atoms with van der Waals surface area (Å²) >= 11 is 0. The van der Waals surface area contributed by atoms with Gasteiger partial charge in [0.25, 0.3) is 0 Å². The highest BCUT2D eigenvalue weighted by molar-refractivity contribution is 5.90. The SMILES string of the molecule is Cc1cc(C=NNc2nc(NCCCN3CCOCC3)c3ccccc3n2)cc(C)c1O. The Hall–Kier alpha value is -3.23. The van der Waals surface area contributed by atoms with Gasteiger partial charge in [0.1, 0.15) is 11.6 Å². The highest BCUT2D eigenvalue weighted by atomic mass is 16.5. The Labute approximate surface area is 188 Å². The second-order valence-electron chi connectivity index (χ2n) is 8.02. The highest BCUT2D eigenvalue weighted by Gasteiger charge is 2.10. The summed E-state index contributed by atoms with van der Waals surface area (Å²) in [6.07, 6.45) is 2.73. The number of morpholine rings is 1. The number of nitrogens with one attached hydrogen (secondary N) is 2. The third-order valence-corrected chi connectivity index (χ3v) is 5.54. The number of ether oxygens (including phenoxy) is 1. The number of phenols is 1. The van der Waals surface area contributed by atoms with Crippen LogP contribution in [-0.4, -0.2) is 65.6 Å². The van der Waals surface area contributed by atoms with E-state index in [1.807, 2.05) is 50.2 Å². The Balaban J connectivity index is 1.43. The molecule has 0 unspecified atom stereocenters. The van der Waals surface area contributed by atoms with Gasteiger partial charge in [0, 0.05) is 25.0 Å². The molecule has 168 valence electrons. The maximum absolute atomic E-state index is 9.93. The Morgan fingerprint density at radius 2 is 1.88 bits per heavy atom. The van der Waals surface area contributed by atoms with Crippen molar-refractivity contribution >= 4 is 28.9 Å². The lowest BCUT2D eigenvalue weighted by atomic mass is 10.1. The summed E-state index contributed by atoms with van der Waals surface area (Å²) in [6.45, 7) is 9.26. The van der Waals surface area contributed by atoms with Gasteiger partial charge in [-0.3, -0.25) is 4.90 Å². The Morgan fingerprint density at radius 3 is 2.66 bits per heavy atom. The molecule has 2 heterocycles. The molecule has 1 aromatic heterocycles. The maximum atomic E-state index is 9.93. The topological polar surface area (TPSA) is 94.9 Å². The van der Waals surface area contributed by atoms with E-state index >= 15 is 0 Å². The standard InChI is InChI=1S/C24H30N6O2/c1-17-14-19(15-18(2)22(17)31)16-26-29-24-27-21-7-4-3-6-20(21)23(28-24)25-8-5-9-30-10-12-32-13-11-30/h3-4,6-7,14-16,31H,5,8-13H2,1-2H3,(H2,25,27,28,29). The number of anilines is 2. The molecule has 0 saturated carbocycles. The van der Waals surface area contributed by atoms with Gasteiger partial charge in [-0.15, -0.1) is 0 Å². The van der Waals surface area contributed by atoms with Crippen molar-refractivity contribution in [3.63, 3.8) is 0 Å². The number of phenolic OH excluding ortho intramolecular Hbond substituents is 1. The normalized spacial score (nSPS) is 14.8.